The first-order valence-corrected chi connectivity index (χ1v) is 14.3. The molecule has 7 aromatic rings. The predicted octanol–water partition coefficient (Wildman–Crippen LogP) is 10.6. The fourth-order valence-corrected chi connectivity index (χ4v) is 7.80. The van der Waals surface area contributed by atoms with Crippen molar-refractivity contribution in [2.24, 2.45) is 0 Å². The molecule has 0 unspecified atom stereocenters. The highest BCUT2D eigenvalue weighted by molar-refractivity contribution is 9.11. The first-order valence-electron chi connectivity index (χ1n) is 12.7. The van der Waals surface area contributed by atoms with E-state index in [1.807, 2.05) is 6.07 Å². The first kappa shape index (κ1) is 22.3. The van der Waals surface area contributed by atoms with Gasteiger partial charge in [-0.2, -0.15) is 0 Å². The third-order valence-electron chi connectivity index (χ3n) is 8.07. The molecule has 1 heterocycles. The molecule has 180 valence electrons. The predicted molar refractivity (Wildman–Crippen MR) is 164 cm³/mol. The molecule has 38 heavy (non-hydrogen) atoms. The summed E-state index contributed by atoms with van der Waals surface area (Å²) in [6, 6.07) is 43.4. The van der Waals surface area contributed by atoms with E-state index in [1.54, 1.807) is 0 Å². The van der Waals surface area contributed by atoms with Crippen LogP contribution in [0, 0.1) is 0 Å². The van der Waals surface area contributed by atoms with E-state index in [9.17, 15) is 0 Å². The molecule has 1 aliphatic carbocycles. The monoisotopic (exact) mass is 614 g/mol. The van der Waals surface area contributed by atoms with Crippen LogP contribution >= 0.6 is 31.9 Å². The topological polar surface area (TPSA) is 13.1 Å². The minimum atomic E-state index is -0.518. The molecular weight excluding hydrogens is 596 g/mol. The van der Waals surface area contributed by atoms with Crippen LogP contribution in [0.15, 0.2) is 135 Å². The van der Waals surface area contributed by atoms with E-state index >= 15 is 0 Å². The number of fused-ring (bicyclic) bond motifs is 9. The van der Waals surface area contributed by atoms with Crippen molar-refractivity contribution in [1.82, 2.24) is 0 Å². The van der Waals surface area contributed by atoms with Crippen LogP contribution < -0.4 is 0 Å². The molecule has 3 heteroatoms. The molecule has 1 aromatic heterocycles. The summed E-state index contributed by atoms with van der Waals surface area (Å²) < 4.78 is 8.87. The maximum Gasteiger partial charge on any atom is 0.144 e. The Morgan fingerprint density at radius 1 is 0.500 bits per heavy atom. The summed E-state index contributed by atoms with van der Waals surface area (Å²) in [5, 5.41) is 4.66. The lowest BCUT2D eigenvalue weighted by atomic mass is 9.67. The van der Waals surface area contributed by atoms with Crippen molar-refractivity contribution in [3.8, 4) is 11.1 Å². The van der Waals surface area contributed by atoms with Gasteiger partial charge in [-0.05, 0) is 56.8 Å². The summed E-state index contributed by atoms with van der Waals surface area (Å²) in [7, 11) is 0. The van der Waals surface area contributed by atoms with Gasteiger partial charge in [0.05, 0.1) is 5.41 Å². The van der Waals surface area contributed by atoms with Crippen LogP contribution in [0.1, 0.15) is 22.3 Å². The van der Waals surface area contributed by atoms with Crippen LogP contribution in [0.3, 0.4) is 0 Å². The highest BCUT2D eigenvalue weighted by Gasteiger charge is 2.48. The van der Waals surface area contributed by atoms with Crippen LogP contribution in [0.4, 0.5) is 0 Å². The minimum absolute atomic E-state index is 0.518. The van der Waals surface area contributed by atoms with Gasteiger partial charge in [0, 0.05) is 25.3 Å². The van der Waals surface area contributed by atoms with Crippen molar-refractivity contribution in [3.05, 3.63) is 153 Å². The lowest BCUT2D eigenvalue weighted by Crippen LogP contribution is -2.28. The molecule has 6 aromatic carbocycles. The third-order valence-corrected chi connectivity index (χ3v) is 9.35. The number of benzene rings is 6. The molecule has 1 nitrogen and oxygen atoms in total. The second-order valence-electron chi connectivity index (χ2n) is 9.89. The smallest absolute Gasteiger partial charge is 0.144 e. The molecular formula is C35H20Br2O. The third kappa shape index (κ3) is 2.81. The van der Waals surface area contributed by atoms with Gasteiger partial charge in [0.1, 0.15) is 11.2 Å². The van der Waals surface area contributed by atoms with Gasteiger partial charge in [0.15, 0.2) is 0 Å². The summed E-state index contributed by atoms with van der Waals surface area (Å²) >= 11 is 7.94. The fraction of sp³-hybridized carbons (Fsp3) is 0.0286. The van der Waals surface area contributed by atoms with Crippen molar-refractivity contribution in [3.63, 3.8) is 0 Å². The molecule has 0 saturated heterocycles. The van der Waals surface area contributed by atoms with Crippen LogP contribution in [0.25, 0.3) is 43.8 Å². The highest BCUT2D eigenvalue weighted by Crippen LogP contribution is 2.61. The standard InChI is InChI=1S/C35H20Br2O/c36-28-19-26-31(24-16-8-7-15-23(24)28)33-27(20-29(37)32-25-17-9-10-18-30(25)38-34(32)33)35(26,21-11-3-1-4-12-21)22-13-5-2-6-14-22/h1-20H. The molecule has 0 amide bonds. The fourth-order valence-electron chi connectivity index (χ4n) is 6.60. The summed E-state index contributed by atoms with van der Waals surface area (Å²) in [4.78, 5) is 0. The number of para-hydroxylation sites is 1. The highest BCUT2D eigenvalue weighted by atomic mass is 79.9. The summed E-state index contributed by atoms with van der Waals surface area (Å²) in [5.74, 6) is 0. The Balaban J connectivity index is 1.69. The summed E-state index contributed by atoms with van der Waals surface area (Å²) in [5.41, 5.74) is 8.67. The van der Waals surface area contributed by atoms with Crippen molar-refractivity contribution < 1.29 is 4.42 Å². The lowest BCUT2D eigenvalue weighted by Gasteiger charge is -2.34. The van der Waals surface area contributed by atoms with Gasteiger partial charge in [0.2, 0.25) is 0 Å². The SMILES string of the molecule is Brc1cc2c(c3ccccc13)-c1c(cc(Br)c3c1oc1ccccc13)C2(c1ccccc1)c1ccccc1. The zero-order chi connectivity index (χ0) is 25.4. The Kier molecular flexibility index (Phi) is 4.80. The van der Waals surface area contributed by atoms with Gasteiger partial charge < -0.3 is 4.42 Å². The normalized spacial score (nSPS) is 13.7. The van der Waals surface area contributed by atoms with Gasteiger partial charge in [0.25, 0.3) is 0 Å². The van der Waals surface area contributed by atoms with Gasteiger partial charge >= 0.3 is 0 Å². The van der Waals surface area contributed by atoms with Crippen molar-refractivity contribution in [2.45, 2.75) is 5.41 Å². The maximum atomic E-state index is 6.74. The first-order chi connectivity index (χ1) is 18.7. The van der Waals surface area contributed by atoms with E-state index in [4.69, 9.17) is 4.42 Å². The Morgan fingerprint density at radius 3 is 1.71 bits per heavy atom. The minimum Gasteiger partial charge on any atom is -0.455 e. The Bertz CT molecular complexity index is 2000. The largest absolute Gasteiger partial charge is 0.455 e. The van der Waals surface area contributed by atoms with Crippen molar-refractivity contribution in [1.29, 1.82) is 0 Å². The average Bonchev–Trinajstić information content (AvgIpc) is 3.49. The molecule has 0 atom stereocenters. The zero-order valence-electron chi connectivity index (χ0n) is 20.2. The average molecular weight is 616 g/mol. The Hall–Kier alpha value is -3.66. The number of hydrogen-bond donors (Lipinski definition) is 0. The Labute approximate surface area is 237 Å². The van der Waals surface area contributed by atoms with Crippen LogP contribution in [0.2, 0.25) is 0 Å². The summed E-state index contributed by atoms with van der Waals surface area (Å²) in [6.45, 7) is 0. The maximum absolute atomic E-state index is 6.74. The number of rotatable bonds is 2. The van der Waals surface area contributed by atoms with Crippen molar-refractivity contribution in [2.75, 3.05) is 0 Å². The lowest BCUT2D eigenvalue weighted by molar-refractivity contribution is 0.668. The van der Waals surface area contributed by atoms with Crippen LogP contribution in [0.5, 0.6) is 0 Å². The zero-order valence-corrected chi connectivity index (χ0v) is 23.4. The number of hydrogen-bond acceptors (Lipinski definition) is 1. The quantitative estimate of drug-likeness (QED) is 0.188. The molecule has 0 spiro atoms. The van der Waals surface area contributed by atoms with E-state index in [-0.39, 0.29) is 0 Å². The van der Waals surface area contributed by atoms with Crippen LogP contribution in [-0.2, 0) is 5.41 Å². The molecule has 0 fully saturated rings. The van der Waals surface area contributed by atoms with Crippen LogP contribution in [-0.4, -0.2) is 0 Å². The molecule has 0 N–H and O–H groups in total. The number of furan rings is 1. The Morgan fingerprint density at radius 2 is 1.03 bits per heavy atom. The van der Waals surface area contributed by atoms with E-state index in [2.05, 4.69) is 147 Å². The van der Waals surface area contributed by atoms with E-state index in [0.29, 0.717) is 0 Å². The molecule has 8 rings (SSSR count). The van der Waals surface area contributed by atoms with E-state index in [0.717, 1.165) is 30.9 Å². The van der Waals surface area contributed by atoms with Gasteiger partial charge in [-0.25, -0.2) is 0 Å². The van der Waals surface area contributed by atoms with Gasteiger partial charge in [-0.1, -0.05) is 135 Å². The van der Waals surface area contributed by atoms with Gasteiger partial charge in [-0.15, -0.1) is 0 Å². The molecule has 0 bridgehead atoms. The molecule has 1 aliphatic rings. The van der Waals surface area contributed by atoms with Gasteiger partial charge in [-0.3, -0.25) is 0 Å². The number of halogens is 2. The van der Waals surface area contributed by atoms with E-state index < -0.39 is 5.41 Å². The van der Waals surface area contributed by atoms with Crippen molar-refractivity contribution >= 4 is 64.6 Å². The van der Waals surface area contributed by atoms with E-state index in [1.165, 1.54) is 44.2 Å². The second kappa shape index (κ2) is 8.17. The summed E-state index contributed by atoms with van der Waals surface area (Å²) in [6.07, 6.45) is 0. The molecule has 0 aliphatic heterocycles. The second-order valence-corrected chi connectivity index (χ2v) is 11.6. The molecule has 0 saturated carbocycles. The molecule has 0 radical (unpaired) electrons.